The third-order valence-electron chi connectivity index (χ3n) is 7.55. The standard InChI is InChI=1S/C22H43N5/c1-2-10-24(9-1)16-8-23-19-22(27-13-5-6-14-27)21-7-15-26(20-21)18-17-25-11-3-4-12-25/h21-23H,1-20H2. The van der Waals surface area contributed by atoms with E-state index in [9.17, 15) is 0 Å². The molecule has 4 rings (SSSR count). The van der Waals surface area contributed by atoms with E-state index in [1.807, 2.05) is 0 Å². The topological polar surface area (TPSA) is 25.0 Å². The maximum Gasteiger partial charge on any atom is 0.0261 e. The van der Waals surface area contributed by atoms with Crippen molar-refractivity contribution in [3.05, 3.63) is 0 Å². The van der Waals surface area contributed by atoms with E-state index in [1.54, 1.807) is 0 Å². The monoisotopic (exact) mass is 377 g/mol. The summed E-state index contributed by atoms with van der Waals surface area (Å²) in [5.41, 5.74) is 0. The molecule has 0 spiro atoms. The molecule has 0 bridgehead atoms. The molecule has 4 heterocycles. The molecule has 27 heavy (non-hydrogen) atoms. The number of hydrogen-bond acceptors (Lipinski definition) is 5. The molecule has 5 heteroatoms. The summed E-state index contributed by atoms with van der Waals surface area (Å²) >= 11 is 0. The first kappa shape index (κ1) is 20.1. The molecule has 0 aromatic heterocycles. The van der Waals surface area contributed by atoms with Crippen LogP contribution < -0.4 is 5.32 Å². The highest BCUT2D eigenvalue weighted by Gasteiger charge is 2.34. The summed E-state index contributed by atoms with van der Waals surface area (Å²) in [6, 6.07) is 0.767. The van der Waals surface area contributed by atoms with Crippen LogP contribution in [0.15, 0.2) is 0 Å². The summed E-state index contributed by atoms with van der Waals surface area (Å²) in [4.78, 5) is 10.9. The average Bonchev–Trinajstić information content (AvgIpc) is 3.49. The van der Waals surface area contributed by atoms with Gasteiger partial charge in [0.25, 0.3) is 0 Å². The number of rotatable bonds is 10. The Kier molecular flexibility index (Phi) is 7.84. The Morgan fingerprint density at radius 3 is 1.96 bits per heavy atom. The van der Waals surface area contributed by atoms with Crippen LogP contribution in [0, 0.1) is 5.92 Å². The third-order valence-corrected chi connectivity index (χ3v) is 7.55. The minimum absolute atomic E-state index is 0.767. The molecule has 0 amide bonds. The maximum atomic E-state index is 3.85. The van der Waals surface area contributed by atoms with Gasteiger partial charge in [-0.1, -0.05) is 0 Å². The highest BCUT2D eigenvalue weighted by molar-refractivity contribution is 4.90. The molecule has 4 aliphatic rings. The van der Waals surface area contributed by atoms with Crippen molar-refractivity contribution in [1.82, 2.24) is 24.9 Å². The average molecular weight is 378 g/mol. The first-order valence-corrected chi connectivity index (χ1v) is 12.0. The summed E-state index contributed by atoms with van der Waals surface area (Å²) in [5.74, 6) is 0.876. The lowest BCUT2D eigenvalue weighted by molar-refractivity contribution is 0.164. The van der Waals surface area contributed by atoms with Gasteiger partial charge >= 0.3 is 0 Å². The molecule has 4 saturated heterocycles. The molecule has 0 aromatic carbocycles. The van der Waals surface area contributed by atoms with Crippen LogP contribution in [0.5, 0.6) is 0 Å². The second-order valence-electron chi connectivity index (χ2n) is 9.46. The van der Waals surface area contributed by atoms with Gasteiger partial charge in [-0.05, 0) is 96.7 Å². The van der Waals surface area contributed by atoms with E-state index in [0.717, 1.165) is 12.0 Å². The molecule has 5 nitrogen and oxygen atoms in total. The highest BCUT2D eigenvalue weighted by atomic mass is 15.2. The van der Waals surface area contributed by atoms with E-state index in [4.69, 9.17) is 0 Å². The van der Waals surface area contributed by atoms with E-state index in [2.05, 4.69) is 24.9 Å². The summed E-state index contributed by atoms with van der Waals surface area (Å²) in [6.07, 6.45) is 9.89. The SMILES string of the molecule is C1CCN(CCNCC(C2CCN(CCN3CCCC3)C2)N2CCCC2)C1. The van der Waals surface area contributed by atoms with Gasteiger partial charge in [0.2, 0.25) is 0 Å². The first-order valence-electron chi connectivity index (χ1n) is 12.0. The molecule has 0 radical (unpaired) electrons. The van der Waals surface area contributed by atoms with Crippen molar-refractivity contribution in [1.29, 1.82) is 0 Å². The number of likely N-dealkylation sites (tertiary alicyclic amines) is 4. The Hall–Kier alpha value is -0.200. The number of hydrogen-bond donors (Lipinski definition) is 1. The zero-order valence-corrected chi connectivity index (χ0v) is 17.6. The molecule has 156 valence electrons. The van der Waals surface area contributed by atoms with Crippen molar-refractivity contribution < 1.29 is 0 Å². The van der Waals surface area contributed by atoms with Gasteiger partial charge in [-0.25, -0.2) is 0 Å². The molecule has 0 saturated carbocycles. The second kappa shape index (κ2) is 10.5. The van der Waals surface area contributed by atoms with Crippen molar-refractivity contribution in [2.24, 2.45) is 5.92 Å². The van der Waals surface area contributed by atoms with Gasteiger partial charge in [0.05, 0.1) is 0 Å². The first-order chi connectivity index (χ1) is 13.4. The second-order valence-corrected chi connectivity index (χ2v) is 9.46. The fraction of sp³-hybridized carbons (Fsp3) is 1.00. The fourth-order valence-electron chi connectivity index (χ4n) is 5.83. The molecule has 4 aliphatic heterocycles. The fourth-order valence-corrected chi connectivity index (χ4v) is 5.83. The van der Waals surface area contributed by atoms with Crippen molar-refractivity contribution >= 4 is 0 Å². The van der Waals surface area contributed by atoms with E-state index in [0.29, 0.717) is 0 Å². The Balaban J connectivity index is 1.20. The number of nitrogens with one attached hydrogen (secondary N) is 1. The lowest BCUT2D eigenvalue weighted by Crippen LogP contribution is -2.47. The molecular formula is C22H43N5. The van der Waals surface area contributed by atoms with E-state index in [-0.39, 0.29) is 0 Å². The molecule has 2 atom stereocenters. The molecule has 0 aliphatic carbocycles. The normalized spacial score (nSPS) is 30.0. The van der Waals surface area contributed by atoms with Crippen LogP contribution in [0.1, 0.15) is 44.9 Å². The Morgan fingerprint density at radius 1 is 0.667 bits per heavy atom. The molecule has 0 aromatic rings. The van der Waals surface area contributed by atoms with Gasteiger partial charge in [0.15, 0.2) is 0 Å². The predicted molar refractivity (Wildman–Crippen MR) is 113 cm³/mol. The van der Waals surface area contributed by atoms with Crippen LogP contribution >= 0.6 is 0 Å². The zero-order chi connectivity index (χ0) is 18.3. The summed E-state index contributed by atoms with van der Waals surface area (Å²) in [7, 11) is 0. The predicted octanol–water partition coefficient (Wildman–Crippen LogP) is 1.55. The molecular weight excluding hydrogens is 334 g/mol. The van der Waals surface area contributed by atoms with Gasteiger partial charge in [-0.15, -0.1) is 0 Å². The minimum Gasteiger partial charge on any atom is -0.314 e. The molecule has 2 unspecified atom stereocenters. The summed E-state index contributed by atoms with van der Waals surface area (Å²) in [6.45, 7) is 16.9. The van der Waals surface area contributed by atoms with Crippen molar-refractivity contribution in [2.75, 3.05) is 85.1 Å². The largest absolute Gasteiger partial charge is 0.314 e. The third kappa shape index (κ3) is 5.89. The Labute approximate surface area is 167 Å². The minimum atomic E-state index is 0.767. The van der Waals surface area contributed by atoms with Crippen molar-refractivity contribution in [2.45, 2.75) is 51.0 Å². The van der Waals surface area contributed by atoms with Crippen LogP contribution in [0.25, 0.3) is 0 Å². The lowest BCUT2D eigenvalue weighted by atomic mass is 9.97. The van der Waals surface area contributed by atoms with Crippen LogP contribution in [-0.2, 0) is 0 Å². The molecule has 1 N–H and O–H groups in total. The van der Waals surface area contributed by atoms with Gasteiger partial charge in [0, 0.05) is 45.3 Å². The lowest BCUT2D eigenvalue weighted by Gasteiger charge is -2.33. The van der Waals surface area contributed by atoms with Crippen LogP contribution in [0.3, 0.4) is 0 Å². The van der Waals surface area contributed by atoms with Crippen LogP contribution in [0.2, 0.25) is 0 Å². The van der Waals surface area contributed by atoms with Crippen molar-refractivity contribution in [3.8, 4) is 0 Å². The summed E-state index contributed by atoms with van der Waals surface area (Å²) in [5, 5.41) is 3.85. The Morgan fingerprint density at radius 2 is 1.26 bits per heavy atom. The van der Waals surface area contributed by atoms with Gasteiger partial charge < -0.3 is 20.0 Å². The van der Waals surface area contributed by atoms with E-state index < -0.39 is 0 Å². The molecule has 4 fully saturated rings. The Bertz CT molecular complexity index is 413. The van der Waals surface area contributed by atoms with Crippen LogP contribution in [-0.4, -0.2) is 111 Å². The quantitative estimate of drug-likeness (QED) is 0.583. The van der Waals surface area contributed by atoms with Gasteiger partial charge in [-0.2, -0.15) is 0 Å². The van der Waals surface area contributed by atoms with E-state index >= 15 is 0 Å². The zero-order valence-electron chi connectivity index (χ0n) is 17.6. The summed E-state index contributed by atoms with van der Waals surface area (Å²) < 4.78 is 0. The van der Waals surface area contributed by atoms with Gasteiger partial charge in [0.1, 0.15) is 0 Å². The maximum absolute atomic E-state index is 3.85. The smallest absolute Gasteiger partial charge is 0.0261 e. The number of nitrogens with zero attached hydrogens (tertiary/aromatic N) is 4. The van der Waals surface area contributed by atoms with Crippen molar-refractivity contribution in [3.63, 3.8) is 0 Å². The van der Waals surface area contributed by atoms with E-state index in [1.165, 1.54) is 130 Å². The highest BCUT2D eigenvalue weighted by Crippen LogP contribution is 2.26. The van der Waals surface area contributed by atoms with Crippen LogP contribution in [0.4, 0.5) is 0 Å². The van der Waals surface area contributed by atoms with Gasteiger partial charge in [-0.3, -0.25) is 4.90 Å².